The van der Waals surface area contributed by atoms with Gasteiger partial charge in [0.05, 0.1) is 5.69 Å². The van der Waals surface area contributed by atoms with Crippen LogP contribution in [0.1, 0.15) is 10.5 Å². The van der Waals surface area contributed by atoms with Crippen molar-refractivity contribution in [1.82, 2.24) is 9.88 Å². The van der Waals surface area contributed by atoms with Crippen molar-refractivity contribution in [2.24, 2.45) is 0 Å². The number of hydrogen-bond acceptors (Lipinski definition) is 2. The molecule has 0 unspecified atom stereocenters. The van der Waals surface area contributed by atoms with Gasteiger partial charge in [-0.25, -0.2) is 9.37 Å². The van der Waals surface area contributed by atoms with Gasteiger partial charge in [0.25, 0.3) is 5.91 Å². The maximum absolute atomic E-state index is 12.6. The predicted octanol–water partition coefficient (Wildman–Crippen LogP) is 4.55. The minimum Gasteiger partial charge on any atom is -0.338 e. The van der Waals surface area contributed by atoms with E-state index in [2.05, 4.69) is 27.6 Å². The van der Waals surface area contributed by atoms with E-state index in [0.29, 0.717) is 5.69 Å². The number of nitrogens with zero attached hydrogens (tertiary/aromatic N) is 2. The van der Waals surface area contributed by atoms with Crippen molar-refractivity contribution < 1.29 is 9.18 Å². The first-order chi connectivity index (χ1) is 11.6. The van der Waals surface area contributed by atoms with E-state index in [0.717, 1.165) is 25.6 Å². The smallest absolute Gasteiger partial charge is 0.272 e. The number of aromatic nitrogens is 1. The molecule has 3 nitrogen and oxygen atoms in total. The van der Waals surface area contributed by atoms with Crippen LogP contribution in [0.3, 0.4) is 0 Å². The molecule has 0 bridgehead atoms. The SMILES string of the molecule is CN(CCF)C(=O)c1cc2ccccc2c(-c2ccccc2I)n1. The number of halogens is 2. The van der Waals surface area contributed by atoms with Gasteiger partial charge < -0.3 is 4.90 Å². The topological polar surface area (TPSA) is 33.2 Å². The summed E-state index contributed by atoms with van der Waals surface area (Å²) in [5.74, 6) is -0.273. The third-order valence-electron chi connectivity index (χ3n) is 3.86. The third kappa shape index (κ3) is 3.26. The van der Waals surface area contributed by atoms with Crippen LogP contribution < -0.4 is 0 Å². The van der Waals surface area contributed by atoms with Gasteiger partial charge in [-0.05, 0) is 40.1 Å². The lowest BCUT2D eigenvalue weighted by Gasteiger charge is -2.16. The molecule has 122 valence electrons. The molecule has 0 saturated carbocycles. The number of amides is 1. The fraction of sp³-hybridized carbons (Fsp3) is 0.158. The van der Waals surface area contributed by atoms with Gasteiger partial charge in [-0.15, -0.1) is 0 Å². The van der Waals surface area contributed by atoms with Crippen LogP contribution >= 0.6 is 22.6 Å². The number of pyridine rings is 1. The number of alkyl halides is 1. The van der Waals surface area contributed by atoms with E-state index in [1.165, 1.54) is 4.90 Å². The molecular formula is C19H16FIN2O. The zero-order chi connectivity index (χ0) is 17.1. The van der Waals surface area contributed by atoms with Crippen LogP contribution in [-0.4, -0.2) is 36.1 Å². The largest absolute Gasteiger partial charge is 0.338 e. The molecule has 2 aromatic carbocycles. The van der Waals surface area contributed by atoms with Crippen molar-refractivity contribution in [3.05, 3.63) is 63.9 Å². The minimum absolute atomic E-state index is 0.0611. The fourth-order valence-corrected chi connectivity index (χ4v) is 3.23. The molecule has 0 radical (unpaired) electrons. The summed E-state index contributed by atoms with van der Waals surface area (Å²) in [5, 5.41) is 1.94. The molecule has 3 rings (SSSR count). The number of benzene rings is 2. The molecule has 3 aromatic rings. The lowest BCUT2D eigenvalue weighted by molar-refractivity contribution is 0.0780. The maximum atomic E-state index is 12.6. The lowest BCUT2D eigenvalue weighted by Crippen LogP contribution is -2.29. The summed E-state index contributed by atoms with van der Waals surface area (Å²) in [7, 11) is 1.59. The van der Waals surface area contributed by atoms with Crippen LogP contribution in [0, 0.1) is 3.57 Å². The summed E-state index contributed by atoms with van der Waals surface area (Å²) in [6, 6.07) is 17.6. The molecule has 0 spiro atoms. The van der Waals surface area contributed by atoms with Gasteiger partial charge in [0.2, 0.25) is 0 Å². The van der Waals surface area contributed by atoms with Crippen molar-refractivity contribution in [3.63, 3.8) is 0 Å². The van der Waals surface area contributed by atoms with E-state index < -0.39 is 6.67 Å². The van der Waals surface area contributed by atoms with E-state index in [-0.39, 0.29) is 12.5 Å². The van der Waals surface area contributed by atoms with Gasteiger partial charge in [-0.1, -0.05) is 42.5 Å². The Kier molecular flexibility index (Phi) is 5.08. The van der Waals surface area contributed by atoms with Crippen molar-refractivity contribution in [3.8, 4) is 11.3 Å². The van der Waals surface area contributed by atoms with Crippen LogP contribution in [-0.2, 0) is 0 Å². The van der Waals surface area contributed by atoms with Gasteiger partial charge in [-0.3, -0.25) is 4.79 Å². The minimum atomic E-state index is -0.570. The van der Waals surface area contributed by atoms with E-state index in [4.69, 9.17) is 0 Å². The Bertz CT molecular complexity index is 897. The molecule has 0 aliphatic rings. The van der Waals surface area contributed by atoms with Crippen molar-refractivity contribution in [2.45, 2.75) is 0 Å². The highest BCUT2D eigenvalue weighted by Crippen LogP contribution is 2.30. The molecule has 0 aliphatic carbocycles. The Morgan fingerprint density at radius 2 is 1.88 bits per heavy atom. The predicted molar refractivity (Wildman–Crippen MR) is 103 cm³/mol. The summed E-state index contributed by atoms with van der Waals surface area (Å²) in [6.07, 6.45) is 0. The molecule has 0 aliphatic heterocycles. The molecule has 1 amide bonds. The summed E-state index contributed by atoms with van der Waals surface area (Å²) in [6.45, 7) is -0.509. The summed E-state index contributed by atoms with van der Waals surface area (Å²) < 4.78 is 13.6. The van der Waals surface area contributed by atoms with Crippen molar-refractivity contribution in [2.75, 3.05) is 20.3 Å². The van der Waals surface area contributed by atoms with E-state index in [1.807, 2.05) is 48.5 Å². The Hall–Kier alpha value is -2.02. The molecule has 0 N–H and O–H groups in total. The second kappa shape index (κ2) is 7.25. The number of rotatable bonds is 4. The molecule has 0 atom stereocenters. The molecule has 24 heavy (non-hydrogen) atoms. The number of hydrogen-bond donors (Lipinski definition) is 0. The van der Waals surface area contributed by atoms with Crippen molar-refractivity contribution >= 4 is 39.3 Å². The van der Waals surface area contributed by atoms with Crippen LogP contribution in [0.25, 0.3) is 22.0 Å². The summed E-state index contributed by atoms with van der Waals surface area (Å²) >= 11 is 2.27. The quantitative estimate of drug-likeness (QED) is 0.565. The molecule has 0 fully saturated rings. The molecule has 5 heteroatoms. The monoisotopic (exact) mass is 434 g/mol. The fourth-order valence-electron chi connectivity index (χ4n) is 2.59. The first kappa shape index (κ1) is 16.8. The van der Waals surface area contributed by atoms with Gasteiger partial charge in [0.1, 0.15) is 12.4 Å². The molecule has 0 saturated heterocycles. The molecular weight excluding hydrogens is 418 g/mol. The average molecular weight is 434 g/mol. The summed E-state index contributed by atoms with van der Waals surface area (Å²) in [4.78, 5) is 18.5. The van der Waals surface area contributed by atoms with E-state index >= 15 is 0 Å². The van der Waals surface area contributed by atoms with Gasteiger partial charge in [0.15, 0.2) is 0 Å². The standard InChI is InChI=1S/C19H16FIN2O/c1-23(11-10-20)19(24)17-12-13-6-2-3-7-14(13)18(22-17)15-8-4-5-9-16(15)21/h2-9,12H,10-11H2,1H3. The second-order valence-corrected chi connectivity index (χ2v) is 6.63. The molecule has 1 aromatic heterocycles. The van der Waals surface area contributed by atoms with Crippen LogP contribution in [0.5, 0.6) is 0 Å². The normalized spacial score (nSPS) is 10.8. The highest BCUT2D eigenvalue weighted by atomic mass is 127. The number of carbonyl (C=O) groups excluding carboxylic acids is 1. The van der Waals surface area contributed by atoms with Crippen LogP contribution in [0.15, 0.2) is 54.6 Å². The lowest BCUT2D eigenvalue weighted by atomic mass is 10.0. The third-order valence-corrected chi connectivity index (χ3v) is 4.80. The van der Waals surface area contributed by atoms with E-state index in [9.17, 15) is 9.18 Å². The highest BCUT2D eigenvalue weighted by Gasteiger charge is 2.17. The van der Waals surface area contributed by atoms with Gasteiger partial charge in [0, 0.05) is 28.1 Å². The molecule has 1 heterocycles. The number of carbonyl (C=O) groups is 1. The Morgan fingerprint density at radius 1 is 1.17 bits per heavy atom. The van der Waals surface area contributed by atoms with Crippen LogP contribution in [0.2, 0.25) is 0 Å². The van der Waals surface area contributed by atoms with E-state index in [1.54, 1.807) is 13.1 Å². The average Bonchev–Trinajstić information content (AvgIpc) is 2.61. The first-order valence-electron chi connectivity index (χ1n) is 7.58. The number of fused-ring (bicyclic) bond motifs is 1. The second-order valence-electron chi connectivity index (χ2n) is 5.47. The summed E-state index contributed by atoms with van der Waals surface area (Å²) in [5.41, 5.74) is 2.09. The Labute approximate surface area is 153 Å². The Morgan fingerprint density at radius 3 is 2.62 bits per heavy atom. The highest BCUT2D eigenvalue weighted by molar-refractivity contribution is 14.1. The Balaban J connectivity index is 2.21. The van der Waals surface area contributed by atoms with Gasteiger partial charge >= 0.3 is 0 Å². The van der Waals surface area contributed by atoms with Gasteiger partial charge in [-0.2, -0.15) is 0 Å². The first-order valence-corrected chi connectivity index (χ1v) is 8.66. The zero-order valence-corrected chi connectivity index (χ0v) is 15.3. The van der Waals surface area contributed by atoms with Crippen molar-refractivity contribution in [1.29, 1.82) is 0 Å². The zero-order valence-electron chi connectivity index (χ0n) is 13.2. The van der Waals surface area contributed by atoms with Crippen LogP contribution in [0.4, 0.5) is 4.39 Å². The maximum Gasteiger partial charge on any atom is 0.272 e.